The first-order valence-corrected chi connectivity index (χ1v) is 13.6. The molecule has 0 fully saturated rings. The summed E-state index contributed by atoms with van der Waals surface area (Å²) in [7, 11) is 2.93. The number of amides is 1. The Bertz CT molecular complexity index is 1710. The predicted molar refractivity (Wildman–Crippen MR) is 159 cm³/mol. The molecule has 3 aromatic carbocycles. The molecule has 0 radical (unpaired) electrons. The van der Waals surface area contributed by atoms with E-state index in [9.17, 15) is 9.59 Å². The van der Waals surface area contributed by atoms with Gasteiger partial charge in [0.15, 0.2) is 0 Å². The molecule has 0 spiro atoms. The predicted octanol–water partition coefficient (Wildman–Crippen LogP) is 7.38. The van der Waals surface area contributed by atoms with Crippen molar-refractivity contribution in [3.05, 3.63) is 94.9 Å². The normalized spacial score (nSPS) is 10.8. The highest BCUT2D eigenvalue weighted by Gasteiger charge is 2.26. The van der Waals surface area contributed by atoms with E-state index in [1.54, 1.807) is 13.2 Å². The van der Waals surface area contributed by atoms with E-state index in [2.05, 4.69) is 5.32 Å². The molecule has 2 aromatic heterocycles. The first kappa shape index (κ1) is 26.9. The topological polar surface area (TPSA) is 86.8 Å². The van der Waals surface area contributed by atoms with Crippen LogP contribution in [0.15, 0.2) is 78.9 Å². The number of nitrogens with zero attached hydrogens (tertiary/aromatic N) is 1. The number of carbonyl (C=O) groups is 2. The number of pyridine rings is 1. The van der Waals surface area contributed by atoms with Gasteiger partial charge in [-0.15, -0.1) is 11.3 Å². The molecule has 0 bridgehead atoms. The Hall–Kier alpha value is -4.69. The summed E-state index contributed by atoms with van der Waals surface area (Å²) >= 11 is 1.33. The van der Waals surface area contributed by atoms with Crippen molar-refractivity contribution in [3.63, 3.8) is 0 Å². The van der Waals surface area contributed by atoms with Gasteiger partial charge in [0, 0.05) is 21.4 Å². The second-order valence-corrected chi connectivity index (χ2v) is 10.2. The molecule has 0 aliphatic rings. The van der Waals surface area contributed by atoms with E-state index in [4.69, 9.17) is 19.2 Å². The number of hydrogen-bond donors (Lipinski definition) is 1. The van der Waals surface area contributed by atoms with Gasteiger partial charge in [-0.25, -0.2) is 9.78 Å². The fraction of sp³-hybridized carbons (Fsp3) is 0.156. The third-order valence-corrected chi connectivity index (χ3v) is 7.50. The van der Waals surface area contributed by atoms with Crippen molar-refractivity contribution in [2.45, 2.75) is 13.8 Å². The molecule has 0 atom stereocenters. The van der Waals surface area contributed by atoms with Crippen LogP contribution in [-0.2, 0) is 4.74 Å². The lowest BCUT2D eigenvalue weighted by Gasteiger charge is -2.12. The van der Waals surface area contributed by atoms with Crippen LogP contribution in [0.25, 0.3) is 33.3 Å². The minimum absolute atomic E-state index is 0.312. The molecule has 5 aromatic rings. The van der Waals surface area contributed by atoms with E-state index < -0.39 is 5.97 Å². The van der Waals surface area contributed by atoms with Crippen molar-refractivity contribution >= 4 is 39.1 Å². The number of carbonyl (C=O) groups excluding carboxylic acids is 2. The number of anilines is 1. The van der Waals surface area contributed by atoms with Crippen molar-refractivity contribution in [1.82, 2.24) is 4.98 Å². The first-order chi connectivity index (χ1) is 19.4. The number of esters is 1. The summed E-state index contributed by atoms with van der Waals surface area (Å²) in [5.41, 5.74) is 4.43. The Morgan fingerprint density at radius 1 is 0.900 bits per heavy atom. The van der Waals surface area contributed by atoms with Crippen molar-refractivity contribution < 1.29 is 23.8 Å². The van der Waals surface area contributed by atoms with E-state index in [1.165, 1.54) is 18.4 Å². The van der Waals surface area contributed by atoms with Crippen LogP contribution in [0.1, 0.15) is 32.5 Å². The summed E-state index contributed by atoms with van der Waals surface area (Å²) in [6.07, 6.45) is 0. The van der Waals surface area contributed by atoms with Crippen LogP contribution in [0.5, 0.6) is 11.5 Å². The summed E-state index contributed by atoms with van der Waals surface area (Å²) in [6.45, 7) is 4.39. The molecule has 0 saturated heterocycles. The van der Waals surface area contributed by atoms with Gasteiger partial charge in [-0.3, -0.25) is 4.79 Å². The lowest BCUT2D eigenvalue weighted by atomic mass is 10.0. The van der Waals surface area contributed by atoms with E-state index in [-0.39, 0.29) is 5.91 Å². The molecule has 2 heterocycles. The van der Waals surface area contributed by atoms with E-state index in [0.717, 1.165) is 21.8 Å². The molecule has 8 heteroatoms. The minimum atomic E-state index is -0.529. The molecule has 5 rings (SSSR count). The van der Waals surface area contributed by atoms with Crippen molar-refractivity contribution in [1.29, 1.82) is 0 Å². The maximum absolute atomic E-state index is 13.9. The quantitative estimate of drug-likeness (QED) is 0.202. The molecule has 1 amide bonds. The number of aromatic nitrogens is 1. The zero-order valence-corrected chi connectivity index (χ0v) is 23.4. The van der Waals surface area contributed by atoms with Crippen molar-refractivity contribution in [2.75, 3.05) is 26.1 Å². The van der Waals surface area contributed by atoms with Gasteiger partial charge < -0.3 is 19.5 Å². The number of para-hydroxylation sites is 1. The fourth-order valence-electron chi connectivity index (χ4n) is 4.63. The average molecular weight is 553 g/mol. The number of aryl methyl sites for hydroxylation is 1. The van der Waals surface area contributed by atoms with Crippen LogP contribution in [-0.4, -0.2) is 37.7 Å². The lowest BCUT2D eigenvalue weighted by molar-refractivity contribution is 0.0603. The second kappa shape index (κ2) is 11.6. The SMILES string of the molecule is CCOc1cccc(-c2cc(C(=O)Nc3sc(C)c(-c4ccc(OC)cc4)c3C(=O)OC)c3ccccc3n2)c1. The third kappa shape index (κ3) is 5.26. The monoisotopic (exact) mass is 552 g/mol. The Balaban J connectivity index is 1.58. The summed E-state index contributed by atoms with van der Waals surface area (Å²) in [4.78, 5) is 32.5. The number of methoxy groups -OCH3 is 2. The molecule has 0 aliphatic heterocycles. The Labute approximate surface area is 236 Å². The molecule has 0 saturated carbocycles. The van der Waals surface area contributed by atoms with Gasteiger partial charge in [-0.05, 0) is 55.8 Å². The van der Waals surface area contributed by atoms with Crippen LogP contribution in [0.3, 0.4) is 0 Å². The van der Waals surface area contributed by atoms with Gasteiger partial charge in [0.1, 0.15) is 22.1 Å². The van der Waals surface area contributed by atoms with Crippen LogP contribution in [0, 0.1) is 6.92 Å². The first-order valence-electron chi connectivity index (χ1n) is 12.7. The van der Waals surface area contributed by atoms with Crippen molar-refractivity contribution in [3.8, 4) is 33.9 Å². The van der Waals surface area contributed by atoms with Crippen LogP contribution < -0.4 is 14.8 Å². The molecule has 202 valence electrons. The highest BCUT2D eigenvalue weighted by molar-refractivity contribution is 7.17. The van der Waals surface area contributed by atoms with Gasteiger partial charge >= 0.3 is 5.97 Å². The van der Waals surface area contributed by atoms with E-state index >= 15 is 0 Å². The summed E-state index contributed by atoms with van der Waals surface area (Å²) in [5, 5.41) is 4.12. The Morgan fingerprint density at radius 2 is 1.68 bits per heavy atom. The maximum atomic E-state index is 13.9. The third-order valence-electron chi connectivity index (χ3n) is 6.48. The number of fused-ring (bicyclic) bond motifs is 1. The van der Waals surface area contributed by atoms with Crippen LogP contribution in [0.2, 0.25) is 0 Å². The zero-order valence-electron chi connectivity index (χ0n) is 22.6. The van der Waals surface area contributed by atoms with Gasteiger partial charge in [-0.1, -0.05) is 42.5 Å². The molecule has 7 nitrogen and oxygen atoms in total. The lowest BCUT2D eigenvalue weighted by Crippen LogP contribution is -2.15. The minimum Gasteiger partial charge on any atom is -0.497 e. The highest BCUT2D eigenvalue weighted by Crippen LogP contribution is 2.41. The number of ether oxygens (including phenoxy) is 3. The van der Waals surface area contributed by atoms with Gasteiger partial charge in [-0.2, -0.15) is 0 Å². The van der Waals surface area contributed by atoms with E-state index in [1.807, 2.05) is 86.6 Å². The average Bonchev–Trinajstić information content (AvgIpc) is 3.31. The summed E-state index contributed by atoms with van der Waals surface area (Å²) in [6, 6.07) is 24.3. The number of benzene rings is 3. The zero-order chi connectivity index (χ0) is 28.2. The summed E-state index contributed by atoms with van der Waals surface area (Å²) in [5.74, 6) is 0.549. The largest absolute Gasteiger partial charge is 0.497 e. The second-order valence-electron chi connectivity index (χ2n) is 8.94. The number of hydrogen-bond acceptors (Lipinski definition) is 7. The molecule has 0 unspecified atom stereocenters. The van der Waals surface area contributed by atoms with Gasteiger partial charge in [0.2, 0.25) is 0 Å². The molecule has 40 heavy (non-hydrogen) atoms. The van der Waals surface area contributed by atoms with E-state index in [0.29, 0.717) is 50.6 Å². The van der Waals surface area contributed by atoms with Crippen LogP contribution >= 0.6 is 11.3 Å². The molecular formula is C32H28N2O5S. The number of nitrogens with one attached hydrogen (secondary N) is 1. The maximum Gasteiger partial charge on any atom is 0.341 e. The smallest absolute Gasteiger partial charge is 0.341 e. The van der Waals surface area contributed by atoms with Gasteiger partial charge in [0.05, 0.1) is 37.6 Å². The molecular weight excluding hydrogens is 524 g/mol. The highest BCUT2D eigenvalue weighted by atomic mass is 32.1. The number of thiophene rings is 1. The van der Waals surface area contributed by atoms with Crippen LogP contribution in [0.4, 0.5) is 5.00 Å². The number of rotatable bonds is 8. The standard InChI is InChI=1S/C32H28N2O5S/c1-5-39-23-10-8-9-21(17-23)27-18-25(24-11-6-7-12-26(24)33-27)30(35)34-31-29(32(36)38-4)28(19(2)40-31)20-13-15-22(37-3)16-14-20/h6-18H,5H2,1-4H3,(H,34,35). The van der Waals surface area contributed by atoms with Gasteiger partial charge in [0.25, 0.3) is 5.91 Å². The molecule has 0 aliphatic carbocycles. The Kier molecular flexibility index (Phi) is 7.79. The van der Waals surface area contributed by atoms with Crippen molar-refractivity contribution in [2.24, 2.45) is 0 Å². The fourth-order valence-corrected chi connectivity index (χ4v) is 5.69. The Morgan fingerprint density at radius 3 is 2.40 bits per heavy atom. The molecule has 1 N–H and O–H groups in total. The summed E-state index contributed by atoms with van der Waals surface area (Å²) < 4.78 is 16.1.